The van der Waals surface area contributed by atoms with Gasteiger partial charge in [-0.2, -0.15) is 0 Å². The van der Waals surface area contributed by atoms with Crippen molar-refractivity contribution in [2.24, 2.45) is 0 Å². The summed E-state index contributed by atoms with van der Waals surface area (Å²) in [7, 11) is 2.92. The standard InChI is InChI=1S/C27H26O9/c1-5-12-8-15-19(17(9-12)33-3)14-10-18(34-4)21-16(29)7-6-13(20(21)25(14)36-27(15)32)26-23(31)22(30)24(35-26)11(2)28/h5-11,22-24,26,28-31H,1H2,2-4H3/t11-,22-,23-,24+,26+/m0/s1. The second-order valence-electron chi connectivity index (χ2n) is 8.86. The zero-order chi connectivity index (χ0) is 25.9. The molecule has 0 amide bonds. The van der Waals surface area contributed by atoms with Crippen LogP contribution in [0.4, 0.5) is 0 Å². The van der Waals surface area contributed by atoms with Crippen molar-refractivity contribution in [1.29, 1.82) is 0 Å². The molecule has 36 heavy (non-hydrogen) atoms. The van der Waals surface area contributed by atoms with Gasteiger partial charge in [-0.1, -0.05) is 18.7 Å². The minimum absolute atomic E-state index is 0.115. The van der Waals surface area contributed by atoms with Crippen LogP contribution in [0.2, 0.25) is 0 Å². The second-order valence-corrected chi connectivity index (χ2v) is 8.86. The minimum atomic E-state index is -1.39. The average Bonchev–Trinajstić information content (AvgIpc) is 3.17. The lowest BCUT2D eigenvalue weighted by atomic mass is 9.92. The first-order valence-corrected chi connectivity index (χ1v) is 11.3. The van der Waals surface area contributed by atoms with Gasteiger partial charge < -0.3 is 39.1 Å². The van der Waals surface area contributed by atoms with E-state index in [9.17, 15) is 25.2 Å². The Balaban J connectivity index is 1.95. The summed E-state index contributed by atoms with van der Waals surface area (Å²) in [5.74, 6) is 0.538. The number of phenolic OH excluding ortho intramolecular Hbond substituents is 1. The van der Waals surface area contributed by atoms with E-state index >= 15 is 0 Å². The zero-order valence-corrected chi connectivity index (χ0v) is 19.9. The lowest BCUT2D eigenvalue weighted by Gasteiger charge is -2.20. The summed E-state index contributed by atoms with van der Waals surface area (Å²) in [6.45, 7) is 5.21. The van der Waals surface area contributed by atoms with Crippen molar-refractivity contribution in [1.82, 2.24) is 0 Å². The van der Waals surface area contributed by atoms with E-state index in [-0.39, 0.29) is 33.2 Å². The Kier molecular flexibility index (Phi) is 5.88. The number of aromatic hydroxyl groups is 1. The first-order chi connectivity index (χ1) is 17.2. The highest BCUT2D eigenvalue weighted by Gasteiger charge is 2.46. The van der Waals surface area contributed by atoms with E-state index in [2.05, 4.69) is 6.58 Å². The lowest BCUT2D eigenvalue weighted by molar-refractivity contribution is -0.0586. The molecule has 0 saturated carbocycles. The molecular formula is C27H26O9. The Morgan fingerprint density at radius 1 is 1.00 bits per heavy atom. The maximum atomic E-state index is 13.2. The molecule has 4 aromatic rings. The maximum Gasteiger partial charge on any atom is 0.344 e. The van der Waals surface area contributed by atoms with E-state index < -0.39 is 36.1 Å². The highest BCUT2D eigenvalue weighted by Crippen LogP contribution is 2.47. The highest BCUT2D eigenvalue weighted by atomic mass is 16.6. The first kappa shape index (κ1) is 24.1. The van der Waals surface area contributed by atoms with Gasteiger partial charge in [-0.25, -0.2) is 4.79 Å². The van der Waals surface area contributed by atoms with Crippen molar-refractivity contribution in [2.75, 3.05) is 14.2 Å². The summed E-state index contributed by atoms with van der Waals surface area (Å²) in [6, 6.07) is 7.94. The molecule has 0 bridgehead atoms. The number of aliphatic hydroxyl groups excluding tert-OH is 3. The number of phenols is 1. The smallest absolute Gasteiger partial charge is 0.344 e. The SMILES string of the molecule is C=Cc1cc(OC)c2c(c1)c(=O)oc1c2cc(OC)c2c(O)ccc([C@H]3O[C@H]([C@H](C)O)[C@@H](O)[C@@H]3O)c21. The van der Waals surface area contributed by atoms with E-state index in [1.165, 1.54) is 33.3 Å². The topological polar surface area (TPSA) is 139 Å². The maximum absolute atomic E-state index is 13.2. The van der Waals surface area contributed by atoms with E-state index in [1.54, 1.807) is 24.3 Å². The van der Waals surface area contributed by atoms with Crippen LogP contribution in [-0.4, -0.2) is 59.1 Å². The molecule has 2 heterocycles. The van der Waals surface area contributed by atoms with Crippen molar-refractivity contribution in [2.45, 2.75) is 37.4 Å². The molecule has 1 aliphatic heterocycles. The van der Waals surface area contributed by atoms with Crippen LogP contribution in [-0.2, 0) is 4.74 Å². The fraction of sp³-hybridized carbons (Fsp3) is 0.296. The fourth-order valence-electron chi connectivity index (χ4n) is 5.06. The number of methoxy groups -OCH3 is 2. The Labute approximate surface area is 205 Å². The van der Waals surface area contributed by atoms with Gasteiger partial charge in [0.05, 0.1) is 31.1 Å². The molecular weight excluding hydrogens is 468 g/mol. The van der Waals surface area contributed by atoms with Crippen molar-refractivity contribution >= 4 is 38.6 Å². The van der Waals surface area contributed by atoms with Gasteiger partial charge >= 0.3 is 5.63 Å². The Hall–Kier alpha value is -3.63. The number of fused-ring (bicyclic) bond motifs is 5. The third kappa shape index (κ3) is 3.43. The molecule has 5 rings (SSSR count). The van der Waals surface area contributed by atoms with Gasteiger partial charge in [0.15, 0.2) is 0 Å². The second kappa shape index (κ2) is 8.79. The predicted octanol–water partition coefficient (Wildman–Crippen LogP) is 3.01. The van der Waals surface area contributed by atoms with E-state index in [0.29, 0.717) is 27.6 Å². The molecule has 1 fully saturated rings. The Morgan fingerprint density at radius 3 is 2.31 bits per heavy atom. The highest BCUT2D eigenvalue weighted by molar-refractivity contribution is 6.19. The van der Waals surface area contributed by atoms with Crippen molar-refractivity contribution in [3.8, 4) is 17.2 Å². The van der Waals surface area contributed by atoms with E-state index in [0.717, 1.165) is 0 Å². The van der Waals surface area contributed by atoms with Gasteiger partial charge in [0.25, 0.3) is 0 Å². The first-order valence-electron chi connectivity index (χ1n) is 11.3. The Morgan fingerprint density at radius 2 is 1.69 bits per heavy atom. The van der Waals surface area contributed by atoms with Crippen LogP contribution < -0.4 is 15.1 Å². The molecule has 1 aromatic heterocycles. The summed E-state index contributed by atoms with van der Waals surface area (Å²) in [6.07, 6.45) is -4.36. The predicted molar refractivity (Wildman–Crippen MR) is 134 cm³/mol. The molecule has 0 spiro atoms. The number of rotatable bonds is 5. The van der Waals surface area contributed by atoms with Crippen LogP contribution in [0.1, 0.15) is 24.2 Å². The molecule has 0 unspecified atom stereocenters. The molecule has 0 aliphatic carbocycles. The van der Waals surface area contributed by atoms with Crippen LogP contribution >= 0.6 is 0 Å². The van der Waals surface area contributed by atoms with Crippen molar-refractivity contribution in [3.05, 3.63) is 58.5 Å². The number of hydrogen-bond donors (Lipinski definition) is 4. The molecule has 1 saturated heterocycles. The van der Waals surface area contributed by atoms with Gasteiger partial charge in [0.2, 0.25) is 0 Å². The molecule has 9 heteroatoms. The van der Waals surface area contributed by atoms with Crippen LogP contribution in [0.3, 0.4) is 0 Å². The largest absolute Gasteiger partial charge is 0.507 e. The summed E-state index contributed by atoms with van der Waals surface area (Å²) in [5, 5.41) is 43.8. The molecule has 0 radical (unpaired) electrons. The zero-order valence-electron chi connectivity index (χ0n) is 19.9. The van der Waals surface area contributed by atoms with E-state index in [1.807, 2.05) is 0 Å². The number of aliphatic hydroxyl groups is 3. The van der Waals surface area contributed by atoms with Crippen LogP contribution in [0, 0.1) is 0 Å². The third-order valence-corrected chi connectivity index (χ3v) is 6.78. The normalized spacial score (nSPS) is 22.8. The number of benzene rings is 3. The monoisotopic (exact) mass is 494 g/mol. The number of hydrogen-bond acceptors (Lipinski definition) is 9. The summed E-state index contributed by atoms with van der Waals surface area (Å²) in [4.78, 5) is 13.2. The molecule has 3 aromatic carbocycles. The summed E-state index contributed by atoms with van der Waals surface area (Å²) < 4.78 is 22.9. The van der Waals surface area contributed by atoms with Crippen LogP contribution in [0.15, 0.2) is 46.1 Å². The Bertz CT molecular complexity index is 1570. The van der Waals surface area contributed by atoms with Crippen molar-refractivity contribution in [3.63, 3.8) is 0 Å². The fourth-order valence-corrected chi connectivity index (χ4v) is 5.06. The third-order valence-electron chi connectivity index (χ3n) is 6.78. The van der Waals surface area contributed by atoms with Gasteiger partial charge in [-0.3, -0.25) is 0 Å². The molecule has 9 nitrogen and oxygen atoms in total. The molecule has 1 aliphatic rings. The quantitative estimate of drug-likeness (QED) is 0.244. The van der Waals surface area contributed by atoms with Gasteiger partial charge in [0, 0.05) is 16.2 Å². The molecule has 188 valence electrons. The van der Waals surface area contributed by atoms with Crippen LogP contribution in [0.5, 0.6) is 17.2 Å². The average molecular weight is 494 g/mol. The lowest BCUT2D eigenvalue weighted by Crippen LogP contribution is -2.36. The summed E-state index contributed by atoms with van der Waals surface area (Å²) >= 11 is 0. The van der Waals surface area contributed by atoms with Gasteiger partial charge in [-0.15, -0.1) is 0 Å². The number of ether oxygens (including phenoxy) is 3. The summed E-state index contributed by atoms with van der Waals surface area (Å²) in [5.41, 5.74) is 0.475. The van der Waals surface area contributed by atoms with E-state index in [4.69, 9.17) is 18.6 Å². The minimum Gasteiger partial charge on any atom is -0.507 e. The van der Waals surface area contributed by atoms with Crippen molar-refractivity contribution < 1.29 is 39.1 Å². The van der Waals surface area contributed by atoms with Gasteiger partial charge in [-0.05, 0) is 42.3 Å². The molecule has 5 atom stereocenters. The van der Waals surface area contributed by atoms with Crippen LogP contribution in [0.25, 0.3) is 38.6 Å². The van der Waals surface area contributed by atoms with Gasteiger partial charge in [0.1, 0.15) is 47.2 Å². The molecule has 4 N–H and O–H groups in total.